The van der Waals surface area contributed by atoms with Crippen LogP contribution < -0.4 is 4.90 Å². The first-order valence-corrected chi connectivity index (χ1v) is 19.7. The lowest BCUT2D eigenvalue weighted by Gasteiger charge is -2.35. The topological polar surface area (TPSA) is 3.24 Å². The number of hydrogen-bond donors (Lipinski definition) is 0. The normalized spacial score (nSPS) is 15.5. The molecule has 8 aromatic rings. The Hall–Kier alpha value is -6.96. The minimum atomic E-state index is -0.385. The van der Waals surface area contributed by atoms with Crippen molar-refractivity contribution in [3.8, 4) is 44.5 Å². The third-order valence-electron chi connectivity index (χ3n) is 11.6. The van der Waals surface area contributed by atoms with Crippen molar-refractivity contribution >= 4 is 17.1 Å². The second-order valence-corrected chi connectivity index (χ2v) is 14.7. The average Bonchev–Trinajstić information content (AvgIpc) is 3.60. The Morgan fingerprint density at radius 3 is 1.57 bits per heavy atom. The lowest BCUT2D eigenvalue weighted by molar-refractivity contribution is 0.751. The molecule has 1 atom stereocenters. The van der Waals surface area contributed by atoms with E-state index in [1.54, 1.807) is 0 Å². The number of rotatable bonds is 8. The highest BCUT2D eigenvalue weighted by Gasteiger charge is 2.47. The monoisotopic (exact) mass is 715 g/mol. The number of para-hydroxylation sites is 1. The third-order valence-corrected chi connectivity index (χ3v) is 11.6. The molecule has 0 aromatic heterocycles. The van der Waals surface area contributed by atoms with Gasteiger partial charge in [-0.25, -0.2) is 0 Å². The van der Waals surface area contributed by atoms with Crippen molar-refractivity contribution in [2.75, 3.05) is 4.90 Å². The van der Waals surface area contributed by atoms with E-state index in [-0.39, 0.29) is 5.41 Å². The van der Waals surface area contributed by atoms with Gasteiger partial charge in [0.25, 0.3) is 0 Å². The second kappa shape index (κ2) is 14.4. The lowest BCUT2D eigenvalue weighted by atomic mass is 9.66. The molecule has 0 radical (unpaired) electrons. The van der Waals surface area contributed by atoms with Crippen molar-refractivity contribution in [1.82, 2.24) is 0 Å². The van der Waals surface area contributed by atoms with Crippen LogP contribution in [0.5, 0.6) is 0 Å². The number of hydrogen-bond acceptors (Lipinski definition) is 1. The zero-order chi connectivity index (χ0) is 37.3. The van der Waals surface area contributed by atoms with Gasteiger partial charge in [0.05, 0.1) is 11.1 Å². The van der Waals surface area contributed by atoms with Gasteiger partial charge < -0.3 is 4.90 Å². The van der Waals surface area contributed by atoms with Crippen molar-refractivity contribution in [3.63, 3.8) is 0 Å². The van der Waals surface area contributed by atoms with Crippen LogP contribution in [0.3, 0.4) is 0 Å². The number of anilines is 3. The van der Waals surface area contributed by atoms with Gasteiger partial charge in [0.1, 0.15) is 0 Å². The van der Waals surface area contributed by atoms with Crippen LogP contribution in [-0.4, -0.2) is 0 Å². The third kappa shape index (κ3) is 5.63. The second-order valence-electron chi connectivity index (χ2n) is 14.7. The molecular weight excluding hydrogens is 675 g/mol. The molecule has 0 amide bonds. The van der Waals surface area contributed by atoms with Crippen molar-refractivity contribution in [2.24, 2.45) is 0 Å². The molecule has 0 spiro atoms. The van der Waals surface area contributed by atoms with Crippen molar-refractivity contribution in [3.05, 3.63) is 247 Å². The standard InChI is InChI=1S/C55H41N/c1-5-18-40(19-6-1)41-32-36-46(37-33-41)56(53-31-16-14-26-48(53)42-20-7-2-8-21-42)47-38-34-43(35-39-47)49-28-17-30-52-54(49)50-27-13-15-29-51(50)55(52,44-22-9-3-10-23-44)45-24-11-4-12-25-45/h1-3,5-11,13-39H,4,12H2. The molecule has 1 unspecified atom stereocenters. The van der Waals surface area contributed by atoms with Gasteiger partial charge in [0.2, 0.25) is 0 Å². The molecule has 0 saturated heterocycles. The van der Waals surface area contributed by atoms with Gasteiger partial charge in [-0.1, -0.05) is 194 Å². The summed E-state index contributed by atoms with van der Waals surface area (Å²) in [6.07, 6.45) is 9.32. The molecule has 0 aliphatic heterocycles. The minimum Gasteiger partial charge on any atom is -0.310 e. The van der Waals surface area contributed by atoms with E-state index >= 15 is 0 Å². The SMILES string of the molecule is C1=CC(C2(c3ccccc3)c3ccccc3-c3c(-c4ccc(N(c5ccc(-c6ccccc6)cc5)c5ccccc5-c5ccccc5)cc4)cccc32)=CCC1. The first kappa shape index (κ1) is 33.6. The molecule has 0 fully saturated rings. The first-order valence-electron chi connectivity index (χ1n) is 19.7. The summed E-state index contributed by atoms with van der Waals surface area (Å²) in [6.45, 7) is 0. The van der Waals surface area contributed by atoms with Crippen LogP contribution >= 0.6 is 0 Å². The highest BCUT2D eigenvalue weighted by molar-refractivity contribution is 5.96. The van der Waals surface area contributed by atoms with Crippen molar-refractivity contribution in [2.45, 2.75) is 18.3 Å². The van der Waals surface area contributed by atoms with Gasteiger partial charge in [-0.2, -0.15) is 0 Å². The zero-order valence-corrected chi connectivity index (χ0v) is 31.2. The van der Waals surface area contributed by atoms with E-state index in [2.05, 4.69) is 229 Å². The summed E-state index contributed by atoms with van der Waals surface area (Å²) in [7, 11) is 0. The predicted molar refractivity (Wildman–Crippen MR) is 236 cm³/mol. The maximum atomic E-state index is 2.47. The van der Waals surface area contributed by atoms with E-state index in [1.807, 2.05) is 0 Å². The van der Waals surface area contributed by atoms with Crippen LogP contribution in [0.15, 0.2) is 230 Å². The summed E-state index contributed by atoms with van der Waals surface area (Å²) < 4.78 is 0. The molecule has 2 aliphatic carbocycles. The smallest absolute Gasteiger partial charge is 0.0710 e. The molecule has 0 heterocycles. The van der Waals surface area contributed by atoms with Crippen molar-refractivity contribution < 1.29 is 0 Å². The van der Waals surface area contributed by atoms with E-state index < -0.39 is 0 Å². The summed E-state index contributed by atoms with van der Waals surface area (Å²) in [5.41, 5.74) is 18.2. The number of fused-ring (bicyclic) bond motifs is 3. The minimum absolute atomic E-state index is 0.385. The Morgan fingerprint density at radius 2 is 0.893 bits per heavy atom. The Morgan fingerprint density at radius 1 is 0.375 bits per heavy atom. The number of allylic oxidation sites excluding steroid dienone is 4. The van der Waals surface area contributed by atoms with Gasteiger partial charge in [0.15, 0.2) is 0 Å². The Kier molecular flexibility index (Phi) is 8.61. The molecule has 2 aliphatic rings. The Bertz CT molecular complexity index is 2710. The van der Waals surface area contributed by atoms with E-state index in [1.165, 1.54) is 66.8 Å². The summed E-state index contributed by atoms with van der Waals surface area (Å²) in [6, 6.07) is 75.3. The van der Waals surface area contributed by atoms with Gasteiger partial charge in [-0.15, -0.1) is 0 Å². The Balaban J connectivity index is 1.12. The van der Waals surface area contributed by atoms with Gasteiger partial charge in [-0.3, -0.25) is 0 Å². The summed E-state index contributed by atoms with van der Waals surface area (Å²) in [5, 5.41) is 0. The quantitative estimate of drug-likeness (QED) is 0.151. The molecule has 8 aromatic carbocycles. The highest BCUT2D eigenvalue weighted by atomic mass is 15.1. The summed E-state index contributed by atoms with van der Waals surface area (Å²) in [4.78, 5) is 2.40. The van der Waals surface area contributed by atoms with E-state index in [4.69, 9.17) is 0 Å². The number of nitrogens with zero attached hydrogens (tertiary/aromatic N) is 1. The molecule has 266 valence electrons. The molecule has 1 nitrogen and oxygen atoms in total. The van der Waals surface area contributed by atoms with E-state index in [9.17, 15) is 0 Å². The molecule has 56 heavy (non-hydrogen) atoms. The van der Waals surface area contributed by atoms with Crippen LogP contribution in [0.25, 0.3) is 44.5 Å². The zero-order valence-electron chi connectivity index (χ0n) is 31.2. The maximum absolute atomic E-state index is 2.47. The fraction of sp³-hybridized carbons (Fsp3) is 0.0545. The highest BCUT2D eigenvalue weighted by Crippen LogP contribution is 2.59. The molecule has 1 heteroatoms. The molecule has 0 bridgehead atoms. The molecule has 0 saturated carbocycles. The average molecular weight is 716 g/mol. The maximum Gasteiger partial charge on any atom is 0.0710 e. The molecule has 10 rings (SSSR count). The van der Waals surface area contributed by atoms with Crippen LogP contribution in [0.2, 0.25) is 0 Å². The molecular formula is C55H41N. The predicted octanol–water partition coefficient (Wildman–Crippen LogP) is 14.7. The van der Waals surface area contributed by atoms with Gasteiger partial charge in [-0.05, 0) is 104 Å². The van der Waals surface area contributed by atoms with Crippen LogP contribution in [-0.2, 0) is 5.41 Å². The lowest BCUT2D eigenvalue weighted by Crippen LogP contribution is -2.29. The van der Waals surface area contributed by atoms with Crippen LogP contribution in [0.1, 0.15) is 29.5 Å². The summed E-state index contributed by atoms with van der Waals surface area (Å²) >= 11 is 0. The van der Waals surface area contributed by atoms with Crippen LogP contribution in [0, 0.1) is 0 Å². The fourth-order valence-corrected chi connectivity index (χ4v) is 9.12. The van der Waals surface area contributed by atoms with Gasteiger partial charge in [0, 0.05) is 16.9 Å². The van der Waals surface area contributed by atoms with Gasteiger partial charge >= 0.3 is 0 Å². The largest absolute Gasteiger partial charge is 0.310 e. The summed E-state index contributed by atoms with van der Waals surface area (Å²) in [5.74, 6) is 0. The fourth-order valence-electron chi connectivity index (χ4n) is 9.12. The van der Waals surface area contributed by atoms with E-state index in [0.29, 0.717) is 0 Å². The van der Waals surface area contributed by atoms with Crippen LogP contribution in [0.4, 0.5) is 17.1 Å². The first-order chi connectivity index (χ1) is 27.8. The van der Waals surface area contributed by atoms with Crippen molar-refractivity contribution in [1.29, 1.82) is 0 Å². The molecule has 0 N–H and O–H groups in total. The Labute approximate surface area is 330 Å². The van der Waals surface area contributed by atoms with E-state index in [0.717, 1.165) is 29.9 Å². The number of benzene rings is 8.